The van der Waals surface area contributed by atoms with Crippen molar-refractivity contribution in [3.05, 3.63) is 40.0 Å². The van der Waals surface area contributed by atoms with Gasteiger partial charge in [-0.25, -0.2) is 19.5 Å². The van der Waals surface area contributed by atoms with Crippen molar-refractivity contribution < 1.29 is 4.92 Å². The number of thiophene rings is 1. The molecule has 11 heteroatoms. The van der Waals surface area contributed by atoms with Crippen LogP contribution in [-0.4, -0.2) is 39.3 Å². The third-order valence-corrected chi connectivity index (χ3v) is 5.64. The molecule has 5 aromatic rings. The van der Waals surface area contributed by atoms with Crippen LogP contribution in [0.3, 0.4) is 0 Å². The van der Waals surface area contributed by atoms with Crippen LogP contribution in [0.1, 0.15) is 18.2 Å². The van der Waals surface area contributed by atoms with Crippen LogP contribution in [0.5, 0.6) is 0 Å². The predicted molar refractivity (Wildman–Crippen MR) is 104 cm³/mol. The molecule has 0 aliphatic rings. The van der Waals surface area contributed by atoms with Crippen molar-refractivity contribution >= 4 is 43.1 Å². The monoisotopic (exact) mass is 394 g/mol. The molecule has 140 valence electrons. The third kappa shape index (κ3) is 2.29. The molecule has 5 aromatic heterocycles. The first-order chi connectivity index (χ1) is 13.5. The van der Waals surface area contributed by atoms with Gasteiger partial charge in [0.1, 0.15) is 22.1 Å². The Labute approximate surface area is 161 Å². The van der Waals surface area contributed by atoms with Crippen molar-refractivity contribution in [1.29, 1.82) is 0 Å². The van der Waals surface area contributed by atoms with Crippen molar-refractivity contribution in [3.63, 3.8) is 0 Å². The van der Waals surface area contributed by atoms with Crippen LogP contribution in [0.25, 0.3) is 37.6 Å². The van der Waals surface area contributed by atoms with Crippen molar-refractivity contribution in [1.82, 2.24) is 34.3 Å². The Morgan fingerprint density at radius 1 is 1.25 bits per heavy atom. The first-order valence-electron chi connectivity index (χ1n) is 8.60. The highest BCUT2D eigenvalue weighted by molar-refractivity contribution is 7.26. The molecular formula is C17H14N8O2S. The number of nitrogens with zero attached hydrogens (tertiary/aromatic N) is 8. The van der Waals surface area contributed by atoms with Gasteiger partial charge in [-0.2, -0.15) is 5.10 Å². The molecule has 10 nitrogen and oxygen atoms in total. The van der Waals surface area contributed by atoms with Crippen LogP contribution in [0.15, 0.2) is 18.6 Å². The van der Waals surface area contributed by atoms with Crippen LogP contribution in [0.4, 0.5) is 5.69 Å². The highest BCUT2D eigenvalue weighted by atomic mass is 32.1. The minimum Gasteiger partial charge on any atom is -0.265 e. The second kappa shape index (κ2) is 5.76. The van der Waals surface area contributed by atoms with Gasteiger partial charge in [-0.05, 0) is 32.4 Å². The Morgan fingerprint density at radius 2 is 2.07 bits per heavy atom. The molecule has 0 saturated heterocycles. The lowest BCUT2D eigenvalue weighted by Gasteiger charge is -1.98. The molecule has 5 rings (SSSR count). The van der Waals surface area contributed by atoms with Gasteiger partial charge in [-0.1, -0.05) is 0 Å². The molecular weight excluding hydrogens is 380 g/mol. The van der Waals surface area contributed by atoms with E-state index in [0.29, 0.717) is 12.2 Å². The zero-order valence-corrected chi connectivity index (χ0v) is 16.1. The molecule has 0 spiro atoms. The Balaban J connectivity index is 1.81. The van der Waals surface area contributed by atoms with Crippen LogP contribution in [-0.2, 0) is 6.54 Å². The first kappa shape index (κ1) is 16.7. The molecule has 0 saturated carbocycles. The zero-order valence-electron chi connectivity index (χ0n) is 15.2. The van der Waals surface area contributed by atoms with Gasteiger partial charge in [0.2, 0.25) is 11.5 Å². The fourth-order valence-electron chi connectivity index (χ4n) is 3.33. The fraction of sp³-hybridized carbons (Fsp3) is 0.235. The average molecular weight is 394 g/mol. The van der Waals surface area contributed by atoms with Gasteiger partial charge in [0.05, 0.1) is 10.4 Å². The number of aryl methyl sites for hydroxylation is 3. The van der Waals surface area contributed by atoms with Gasteiger partial charge in [0, 0.05) is 17.6 Å². The van der Waals surface area contributed by atoms with E-state index >= 15 is 0 Å². The molecule has 0 unspecified atom stereocenters. The molecule has 0 aliphatic carbocycles. The third-order valence-electron chi connectivity index (χ3n) is 4.57. The summed E-state index contributed by atoms with van der Waals surface area (Å²) in [5, 5.41) is 21.1. The first-order valence-corrected chi connectivity index (χ1v) is 9.42. The molecule has 0 aliphatic heterocycles. The van der Waals surface area contributed by atoms with E-state index in [2.05, 4.69) is 25.1 Å². The molecule has 0 N–H and O–H groups in total. The molecule has 28 heavy (non-hydrogen) atoms. The molecule has 0 atom stereocenters. The van der Waals surface area contributed by atoms with E-state index in [1.54, 1.807) is 6.33 Å². The average Bonchev–Trinajstić information content (AvgIpc) is 3.34. The van der Waals surface area contributed by atoms with E-state index < -0.39 is 4.92 Å². The molecule has 0 amide bonds. The fourth-order valence-corrected chi connectivity index (χ4v) is 4.56. The van der Waals surface area contributed by atoms with E-state index in [1.807, 2.05) is 26.8 Å². The van der Waals surface area contributed by atoms with E-state index in [0.717, 1.165) is 31.7 Å². The lowest BCUT2D eigenvalue weighted by atomic mass is 10.1. The molecule has 5 heterocycles. The van der Waals surface area contributed by atoms with Gasteiger partial charge in [0.25, 0.3) is 0 Å². The second-order valence-corrected chi connectivity index (χ2v) is 7.46. The summed E-state index contributed by atoms with van der Waals surface area (Å²) in [5.41, 5.74) is 3.46. The van der Waals surface area contributed by atoms with Crippen molar-refractivity contribution in [2.45, 2.75) is 27.3 Å². The Kier molecular flexibility index (Phi) is 3.43. The van der Waals surface area contributed by atoms with Crippen molar-refractivity contribution in [2.24, 2.45) is 0 Å². The summed E-state index contributed by atoms with van der Waals surface area (Å²) in [6.07, 6.45) is 2.96. The SMILES string of the molecule is CCn1cc([N+](=O)[O-])c(-c2nc3c4sc5nc(C)cc(C)c5c4ncn3n2)n1. The van der Waals surface area contributed by atoms with E-state index in [4.69, 9.17) is 0 Å². The number of aromatic nitrogens is 7. The van der Waals surface area contributed by atoms with Gasteiger partial charge in [0.15, 0.2) is 5.65 Å². The summed E-state index contributed by atoms with van der Waals surface area (Å²) in [5.74, 6) is 0.200. The van der Waals surface area contributed by atoms with Gasteiger partial charge in [-0.3, -0.25) is 14.8 Å². The standard InChI is InChI=1S/C17H14N8O2S/c1-4-23-6-10(25(26)27)12(21-23)15-20-16-14-13(18-7-24(16)22-15)11-8(2)5-9(3)19-17(11)28-14/h5-7H,4H2,1-3H3. The summed E-state index contributed by atoms with van der Waals surface area (Å²) < 4.78 is 3.88. The van der Waals surface area contributed by atoms with Gasteiger partial charge in [-0.15, -0.1) is 16.4 Å². The predicted octanol–water partition coefficient (Wildman–Crippen LogP) is 3.30. The maximum atomic E-state index is 11.4. The Bertz CT molecular complexity index is 1410. The summed E-state index contributed by atoms with van der Waals surface area (Å²) in [7, 11) is 0. The number of pyridine rings is 1. The lowest BCUT2D eigenvalue weighted by molar-refractivity contribution is -0.384. The number of hydrogen-bond donors (Lipinski definition) is 0. The second-order valence-electron chi connectivity index (χ2n) is 6.46. The maximum absolute atomic E-state index is 11.4. The molecule has 0 radical (unpaired) electrons. The van der Waals surface area contributed by atoms with Gasteiger partial charge < -0.3 is 0 Å². The quantitative estimate of drug-likeness (QED) is 0.340. The van der Waals surface area contributed by atoms with E-state index in [1.165, 1.54) is 26.7 Å². The highest BCUT2D eigenvalue weighted by Crippen LogP contribution is 2.36. The summed E-state index contributed by atoms with van der Waals surface area (Å²) in [6, 6.07) is 2.02. The number of nitro groups is 1. The zero-order chi connectivity index (χ0) is 19.6. The smallest absolute Gasteiger partial charge is 0.265 e. The number of rotatable bonds is 3. The largest absolute Gasteiger partial charge is 0.318 e. The molecule has 0 bridgehead atoms. The summed E-state index contributed by atoms with van der Waals surface area (Å²) in [4.78, 5) is 25.6. The summed E-state index contributed by atoms with van der Waals surface area (Å²) in [6.45, 7) is 6.36. The van der Waals surface area contributed by atoms with Crippen LogP contribution >= 0.6 is 11.3 Å². The minimum absolute atomic E-state index is 0.119. The normalized spacial score (nSPS) is 11.8. The Morgan fingerprint density at radius 3 is 2.82 bits per heavy atom. The van der Waals surface area contributed by atoms with Crippen molar-refractivity contribution in [2.75, 3.05) is 0 Å². The molecule has 0 fully saturated rings. The highest BCUT2D eigenvalue weighted by Gasteiger charge is 2.25. The van der Waals surface area contributed by atoms with Crippen LogP contribution in [0.2, 0.25) is 0 Å². The Hall–Kier alpha value is -3.47. The lowest BCUT2D eigenvalue weighted by Crippen LogP contribution is -1.94. The van der Waals surface area contributed by atoms with E-state index in [-0.39, 0.29) is 17.2 Å². The van der Waals surface area contributed by atoms with Crippen LogP contribution < -0.4 is 0 Å². The van der Waals surface area contributed by atoms with Crippen LogP contribution in [0, 0.1) is 24.0 Å². The minimum atomic E-state index is -0.469. The summed E-state index contributed by atoms with van der Waals surface area (Å²) >= 11 is 1.49. The number of fused-ring (bicyclic) bond motifs is 5. The van der Waals surface area contributed by atoms with Crippen molar-refractivity contribution in [3.8, 4) is 11.5 Å². The maximum Gasteiger partial charge on any atom is 0.318 e. The number of hydrogen-bond acceptors (Lipinski definition) is 8. The van der Waals surface area contributed by atoms with Gasteiger partial charge >= 0.3 is 5.69 Å². The molecule has 0 aromatic carbocycles. The topological polar surface area (TPSA) is 117 Å². The van der Waals surface area contributed by atoms with E-state index in [9.17, 15) is 10.1 Å².